The molecule has 0 unspecified atom stereocenters. The van der Waals surface area contributed by atoms with E-state index in [2.05, 4.69) is 22.2 Å². The summed E-state index contributed by atoms with van der Waals surface area (Å²) in [4.78, 5) is 16.1. The molecule has 0 radical (unpaired) electrons. The van der Waals surface area contributed by atoms with Gasteiger partial charge in [0.15, 0.2) is 11.6 Å². The number of fused-ring (bicyclic) bond motifs is 1. The van der Waals surface area contributed by atoms with Crippen LogP contribution in [0.15, 0.2) is 48.9 Å². The Morgan fingerprint density at radius 1 is 1.06 bits per heavy atom. The maximum atomic E-state index is 12.5. The van der Waals surface area contributed by atoms with E-state index in [0.29, 0.717) is 18.0 Å². The quantitative estimate of drug-likeness (QED) is 0.462. The van der Waals surface area contributed by atoms with Gasteiger partial charge < -0.3 is 14.2 Å². The van der Waals surface area contributed by atoms with Crippen molar-refractivity contribution in [1.82, 2.24) is 29.4 Å². The van der Waals surface area contributed by atoms with Crippen molar-refractivity contribution in [3.8, 4) is 22.9 Å². The second-order valence-electron chi connectivity index (χ2n) is 7.73. The van der Waals surface area contributed by atoms with E-state index < -0.39 is 0 Å². The Hall–Kier alpha value is -3.88. The number of aryl methyl sites for hydroxylation is 2. The summed E-state index contributed by atoms with van der Waals surface area (Å²) in [7, 11) is 1.89. The molecule has 2 aromatic heterocycles. The SMILES string of the molecule is CCN1CCN(c2ccc(Oc3cc(-c4nncn4CC)cc4cnn(C)c34)cc2)C1=O. The molecule has 1 saturated heterocycles. The van der Waals surface area contributed by atoms with Crippen molar-refractivity contribution in [3.05, 3.63) is 48.9 Å². The summed E-state index contributed by atoms with van der Waals surface area (Å²) in [5.74, 6) is 2.15. The van der Waals surface area contributed by atoms with Crippen LogP contribution in [0.25, 0.3) is 22.3 Å². The van der Waals surface area contributed by atoms with Crippen LogP contribution >= 0.6 is 0 Å². The molecule has 1 aliphatic heterocycles. The minimum Gasteiger partial charge on any atom is -0.455 e. The molecular weight excluding hydrogens is 406 g/mol. The number of hydrogen-bond acceptors (Lipinski definition) is 5. The molecule has 2 aromatic carbocycles. The molecule has 3 heterocycles. The standard InChI is InChI=1S/C23H25N7O2/c1-4-28-10-11-30(23(28)31)18-6-8-19(9-7-18)32-20-13-16(22-26-24-15-29(22)5-2)12-17-14-25-27(3)21(17)20/h6-9,12-15H,4-5,10-11H2,1-3H3. The zero-order valence-electron chi connectivity index (χ0n) is 18.4. The zero-order valence-corrected chi connectivity index (χ0v) is 18.4. The first-order valence-corrected chi connectivity index (χ1v) is 10.8. The lowest BCUT2D eigenvalue weighted by Gasteiger charge is -2.18. The average molecular weight is 432 g/mol. The molecule has 4 aromatic rings. The Kier molecular flexibility index (Phi) is 5.01. The molecule has 1 aliphatic rings. The van der Waals surface area contributed by atoms with Gasteiger partial charge in [-0.1, -0.05) is 0 Å². The summed E-state index contributed by atoms with van der Waals surface area (Å²) in [5, 5.41) is 13.7. The third-order valence-corrected chi connectivity index (χ3v) is 5.87. The molecule has 0 N–H and O–H groups in total. The van der Waals surface area contributed by atoms with Gasteiger partial charge in [0.2, 0.25) is 0 Å². The smallest absolute Gasteiger partial charge is 0.324 e. The summed E-state index contributed by atoms with van der Waals surface area (Å²) in [5.41, 5.74) is 2.68. The van der Waals surface area contributed by atoms with Crippen molar-refractivity contribution < 1.29 is 9.53 Å². The highest BCUT2D eigenvalue weighted by Gasteiger charge is 2.28. The van der Waals surface area contributed by atoms with Crippen LogP contribution in [0.3, 0.4) is 0 Å². The number of hydrogen-bond donors (Lipinski definition) is 0. The van der Waals surface area contributed by atoms with Crippen molar-refractivity contribution in [3.63, 3.8) is 0 Å². The average Bonchev–Trinajstić information content (AvgIpc) is 3.53. The van der Waals surface area contributed by atoms with Crippen LogP contribution in [0.1, 0.15) is 13.8 Å². The number of rotatable bonds is 6. The van der Waals surface area contributed by atoms with Gasteiger partial charge in [-0.05, 0) is 50.2 Å². The predicted molar refractivity (Wildman–Crippen MR) is 122 cm³/mol. The zero-order chi connectivity index (χ0) is 22.2. The van der Waals surface area contributed by atoms with Gasteiger partial charge in [0, 0.05) is 49.9 Å². The normalized spacial score (nSPS) is 14.0. The van der Waals surface area contributed by atoms with Crippen LogP contribution in [0.4, 0.5) is 10.5 Å². The number of benzene rings is 2. The highest BCUT2D eigenvalue weighted by atomic mass is 16.5. The van der Waals surface area contributed by atoms with E-state index in [0.717, 1.165) is 47.6 Å². The van der Waals surface area contributed by atoms with Crippen molar-refractivity contribution >= 4 is 22.6 Å². The van der Waals surface area contributed by atoms with Crippen LogP contribution in [0.5, 0.6) is 11.5 Å². The number of aromatic nitrogens is 5. The largest absolute Gasteiger partial charge is 0.455 e. The van der Waals surface area contributed by atoms with Gasteiger partial charge in [-0.25, -0.2) is 4.79 Å². The molecule has 0 saturated carbocycles. The van der Waals surface area contributed by atoms with Crippen molar-refractivity contribution in [1.29, 1.82) is 0 Å². The van der Waals surface area contributed by atoms with Gasteiger partial charge in [-0.3, -0.25) is 9.58 Å². The first-order chi connectivity index (χ1) is 15.6. The lowest BCUT2D eigenvalue weighted by Crippen LogP contribution is -2.31. The number of ether oxygens (including phenoxy) is 1. The molecule has 0 bridgehead atoms. The summed E-state index contributed by atoms with van der Waals surface area (Å²) in [6, 6.07) is 11.7. The maximum absolute atomic E-state index is 12.5. The molecule has 164 valence electrons. The fourth-order valence-electron chi connectivity index (χ4n) is 4.13. The minimum atomic E-state index is 0.0468. The molecule has 0 spiro atoms. The monoisotopic (exact) mass is 431 g/mol. The Morgan fingerprint density at radius 2 is 1.88 bits per heavy atom. The lowest BCUT2D eigenvalue weighted by molar-refractivity contribution is 0.223. The minimum absolute atomic E-state index is 0.0468. The molecule has 2 amide bonds. The van der Waals surface area contributed by atoms with Crippen LogP contribution in [0, 0.1) is 0 Å². The van der Waals surface area contributed by atoms with E-state index in [4.69, 9.17) is 4.74 Å². The highest BCUT2D eigenvalue weighted by Crippen LogP contribution is 2.35. The topological polar surface area (TPSA) is 81.3 Å². The summed E-state index contributed by atoms with van der Waals surface area (Å²) in [6.07, 6.45) is 3.54. The van der Waals surface area contributed by atoms with Crippen molar-refractivity contribution in [2.75, 3.05) is 24.5 Å². The van der Waals surface area contributed by atoms with E-state index >= 15 is 0 Å². The van der Waals surface area contributed by atoms with Crippen LogP contribution < -0.4 is 9.64 Å². The first-order valence-electron chi connectivity index (χ1n) is 10.8. The summed E-state index contributed by atoms with van der Waals surface area (Å²) < 4.78 is 10.1. The van der Waals surface area contributed by atoms with E-state index in [1.807, 2.05) is 66.0 Å². The number of amides is 2. The Balaban J connectivity index is 1.47. The number of anilines is 1. The molecule has 9 heteroatoms. The van der Waals surface area contributed by atoms with Crippen LogP contribution in [-0.4, -0.2) is 55.1 Å². The first kappa shape index (κ1) is 20.0. The number of nitrogens with zero attached hydrogens (tertiary/aromatic N) is 7. The maximum Gasteiger partial charge on any atom is 0.324 e. The number of carbonyl (C=O) groups excluding carboxylic acids is 1. The highest BCUT2D eigenvalue weighted by molar-refractivity contribution is 5.94. The van der Waals surface area contributed by atoms with Gasteiger partial charge in [0.05, 0.1) is 6.20 Å². The number of likely N-dealkylation sites (N-methyl/N-ethyl adjacent to an activating group) is 1. The Morgan fingerprint density at radius 3 is 2.59 bits per heavy atom. The molecular formula is C23H25N7O2. The fraction of sp³-hybridized carbons (Fsp3) is 0.304. The van der Waals surface area contributed by atoms with E-state index in [9.17, 15) is 4.79 Å². The second kappa shape index (κ2) is 7.99. The molecule has 32 heavy (non-hydrogen) atoms. The molecule has 0 aliphatic carbocycles. The molecule has 1 fully saturated rings. The number of carbonyl (C=O) groups is 1. The fourth-order valence-corrected chi connectivity index (χ4v) is 4.13. The third kappa shape index (κ3) is 3.35. The Labute approximate surface area is 185 Å². The van der Waals surface area contributed by atoms with Crippen LogP contribution in [-0.2, 0) is 13.6 Å². The van der Waals surface area contributed by atoms with Gasteiger partial charge in [0.25, 0.3) is 0 Å². The van der Waals surface area contributed by atoms with Gasteiger partial charge in [-0.15, -0.1) is 10.2 Å². The summed E-state index contributed by atoms with van der Waals surface area (Å²) in [6.45, 7) is 6.99. The van der Waals surface area contributed by atoms with Crippen LogP contribution in [0.2, 0.25) is 0 Å². The second-order valence-corrected chi connectivity index (χ2v) is 7.73. The van der Waals surface area contributed by atoms with Gasteiger partial charge >= 0.3 is 6.03 Å². The lowest BCUT2D eigenvalue weighted by atomic mass is 10.1. The van der Waals surface area contributed by atoms with Crippen molar-refractivity contribution in [2.45, 2.75) is 20.4 Å². The molecule has 9 nitrogen and oxygen atoms in total. The van der Waals surface area contributed by atoms with Crippen molar-refractivity contribution in [2.24, 2.45) is 7.05 Å². The van der Waals surface area contributed by atoms with E-state index in [1.165, 1.54) is 0 Å². The third-order valence-electron chi connectivity index (χ3n) is 5.87. The van der Waals surface area contributed by atoms with Gasteiger partial charge in [0.1, 0.15) is 17.6 Å². The Bertz CT molecular complexity index is 1280. The molecule has 0 atom stereocenters. The van der Waals surface area contributed by atoms with E-state index in [-0.39, 0.29) is 6.03 Å². The summed E-state index contributed by atoms with van der Waals surface area (Å²) >= 11 is 0. The number of urea groups is 1. The van der Waals surface area contributed by atoms with E-state index in [1.54, 1.807) is 15.9 Å². The van der Waals surface area contributed by atoms with Gasteiger partial charge in [-0.2, -0.15) is 5.10 Å². The molecule has 5 rings (SSSR count). The predicted octanol–water partition coefficient (Wildman–Crippen LogP) is 3.91.